The van der Waals surface area contributed by atoms with Gasteiger partial charge in [-0.1, -0.05) is 64.5 Å². The topological polar surface area (TPSA) is 97.6 Å². The van der Waals surface area contributed by atoms with E-state index in [1.54, 1.807) is 48.5 Å². The molecule has 13 heteroatoms. The van der Waals surface area contributed by atoms with Crippen LogP contribution in [0.15, 0.2) is 111 Å². The standard InChI is InChI=1S/C36H30BrF2N5O4S/c1-42(19-22-7-4-3-5-8-22)20-28-31-33(45)44(26-17-13-24(37)14-18-26)36(47)43(21-27-29(38)9-6-10-30(27)39)34(31)49-32(28)23-11-15-25(16-12-23)40-35(46)41-48-2/h3-18H,19-21H2,1-2H3,(H2,40,41,46). The molecule has 6 rings (SSSR count). The van der Waals surface area contributed by atoms with Gasteiger partial charge >= 0.3 is 11.7 Å². The second kappa shape index (κ2) is 14.7. The maximum atomic E-state index is 15.0. The van der Waals surface area contributed by atoms with Gasteiger partial charge in [-0.05, 0) is 72.3 Å². The maximum Gasteiger partial charge on any atom is 0.343 e. The highest BCUT2D eigenvalue weighted by molar-refractivity contribution is 9.10. The number of thiophene rings is 1. The van der Waals surface area contributed by atoms with Crippen molar-refractivity contribution in [2.75, 3.05) is 19.5 Å². The Morgan fingerprint density at radius 3 is 2.20 bits per heavy atom. The molecule has 4 aromatic carbocycles. The fourth-order valence-electron chi connectivity index (χ4n) is 5.63. The van der Waals surface area contributed by atoms with Gasteiger partial charge in [0.1, 0.15) is 16.5 Å². The fraction of sp³-hybridized carbons (Fsp3) is 0.139. The molecule has 0 unspecified atom stereocenters. The number of amides is 2. The number of urea groups is 1. The monoisotopic (exact) mass is 745 g/mol. The predicted molar refractivity (Wildman–Crippen MR) is 191 cm³/mol. The van der Waals surface area contributed by atoms with E-state index in [0.29, 0.717) is 40.5 Å². The summed E-state index contributed by atoms with van der Waals surface area (Å²) in [6, 6.07) is 26.5. The van der Waals surface area contributed by atoms with Gasteiger partial charge in [-0.3, -0.25) is 19.1 Å². The van der Waals surface area contributed by atoms with Gasteiger partial charge in [-0.25, -0.2) is 28.4 Å². The van der Waals surface area contributed by atoms with Gasteiger partial charge in [0.25, 0.3) is 5.56 Å². The summed E-state index contributed by atoms with van der Waals surface area (Å²) in [5.74, 6) is -1.61. The summed E-state index contributed by atoms with van der Waals surface area (Å²) in [4.78, 5) is 48.5. The number of anilines is 1. The molecule has 0 saturated heterocycles. The molecule has 0 bridgehead atoms. The average molecular weight is 747 g/mol. The van der Waals surface area contributed by atoms with Crippen molar-refractivity contribution >= 4 is 49.2 Å². The molecule has 0 aliphatic heterocycles. The Kier molecular flexibility index (Phi) is 10.2. The first-order valence-corrected chi connectivity index (χ1v) is 16.7. The molecular weight excluding hydrogens is 716 g/mol. The number of rotatable bonds is 10. The van der Waals surface area contributed by atoms with Gasteiger partial charge in [-0.15, -0.1) is 11.3 Å². The van der Waals surface area contributed by atoms with Crippen LogP contribution < -0.4 is 22.0 Å². The molecule has 0 spiro atoms. The van der Waals surface area contributed by atoms with Crippen molar-refractivity contribution in [3.05, 3.63) is 151 Å². The number of carbonyl (C=O) groups is 1. The number of hydrogen-bond donors (Lipinski definition) is 2. The third-order valence-corrected chi connectivity index (χ3v) is 9.69. The van der Waals surface area contributed by atoms with E-state index in [-0.39, 0.29) is 15.8 Å². The summed E-state index contributed by atoms with van der Waals surface area (Å²) in [7, 11) is 3.26. The van der Waals surface area contributed by atoms with Crippen molar-refractivity contribution in [2.45, 2.75) is 19.6 Å². The van der Waals surface area contributed by atoms with Crippen LogP contribution in [0.5, 0.6) is 0 Å². The highest BCUT2D eigenvalue weighted by Gasteiger charge is 2.26. The number of aromatic nitrogens is 2. The highest BCUT2D eigenvalue weighted by Crippen LogP contribution is 2.39. The van der Waals surface area contributed by atoms with Gasteiger partial charge in [0.05, 0.1) is 24.7 Å². The number of nitrogens with zero attached hydrogens (tertiary/aromatic N) is 3. The molecule has 49 heavy (non-hydrogen) atoms. The molecule has 2 aromatic heterocycles. The smallest absolute Gasteiger partial charge is 0.306 e. The third-order valence-electron chi connectivity index (χ3n) is 7.86. The van der Waals surface area contributed by atoms with E-state index in [1.165, 1.54) is 29.1 Å². The summed E-state index contributed by atoms with van der Waals surface area (Å²) in [5, 5.41) is 2.93. The molecule has 0 fully saturated rings. The number of carbonyl (C=O) groups excluding carboxylic acids is 1. The SMILES string of the molecule is CONC(=O)Nc1ccc(-c2sc3c(c2CN(C)Cc2ccccc2)c(=O)n(-c2ccc(Br)cc2)c(=O)n3Cc2c(F)cccc2F)cc1. The van der Waals surface area contributed by atoms with E-state index in [0.717, 1.165) is 26.7 Å². The lowest BCUT2D eigenvalue weighted by Crippen LogP contribution is -2.39. The summed E-state index contributed by atoms with van der Waals surface area (Å²) >= 11 is 4.60. The molecule has 0 aliphatic carbocycles. The first-order chi connectivity index (χ1) is 23.6. The second-order valence-electron chi connectivity index (χ2n) is 11.3. The summed E-state index contributed by atoms with van der Waals surface area (Å²) in [6.07, 6.45) is 0. The fourth-order valence-corrected chi connectivity index (χ4v) is 7.19. The summed E-state index contributed by atoms with van der Waals surface area (Å²) in [6.45, 7) is 0.430. The lowest BCUT2D eigenvalue weighted by Gasteiger charge is -2.18. The molecular formula is C36H30BrF2N5O4S. The Hall–Kier alpha value is -4.95. The molecule has 250 valence electrons. The van der Waals surface area contributed by atoms with Crippen LogP contribution >= 0.6 is 27.3 Å². The number of benzene rings is 4. The molecule has 0 radical (unpaired) electrons. The molecule has 2 heterocycles. The minimum Gasteiger partial charge on any atom is -0.306 e. The van der Waals surface area contributed by atoms with Crippen molar-refractivity contribution in [1.82, 2.24) is 19.5 Å². The van der Waals surface area contributed by atoms with E-state index < -0.39 is 35.5 Å². The van der Waals surface area contributed by atoms with E-state index in [4.69, 9.17) is 0 Å². The van der Waals surface area contributed by atoms with Crippen molar-refractivity contribution in [2.24, 2.45) is 0 Å². The van der Waals surface area contributed by atoms with Gasteiger partial charge in [0.2, 0.25) is 0 Å². The maximum absolute atomic E-state index is 15.0. The minimum atomic E-state index is -0.804. The molecule has 6 aromatic rings. The Bertz CT molecular complexity index is 2240. The van der Waals surface area contributed by atoms with Crippen LogP contribution in [-0.4, -0.2) is 34.2 Å². The van der Waals surface area contributed by atoms with E-state index in [1.807, 2.05) is 37.4 Å². The number of hydrogen-bond acceptors (Lipinski definition) is 6. The first-order valence-electron chi connectivity index (χ1n) is 15.1. The molecule has 2 amide bonds. The van der Waals surface area contributed by atoms with Gasteiger partial charge in [0.15, 0.2) is 0 Å². The first kappa shape index (κ1) is 33.9. The van der Waals surface area contributed by atoms with Crippen LogP contribution in [0.1, 0.15) is 16.7 Å². The van der Waals surface area contributed by atoms with Gasteiger partial charge < -0.3 is 5.32 Å². The molecule has 9 nitrogen and oxygen atoms in total. The zero-order valence-corrected chi connectivity index (χ0v) is 28.8. The Morgan fingerprint density at radius 2 is 1.55 bits per heavy atom. The molecule has 0 saturated carbocycles. The predicted octanol–water partition coefficient (Wildman–Crippen LogP) is 7.28. The van der Waals surface area contributed by atoms with Crippen molar-refractivity contribution in [3.8, 4) is 16.1 Å². The van der Waals surface area contributed by atoms with Crippen LogP contribution in [0.25, 0.3) is 26.3 Å². The highest BCUT2D eigenvalue weighted by atomic mass is 79.9. The Balaban J connectivity index is 1.59. The van der Waals surface area contributed by atoms with Gasteiger partial charge in [-0.2, -0.15) is 0 Å². The van der Waals surface area contributed by atoms with Crippen molar-refractivity contribution < 1.29 is 18.4 Å². The lowest BCUT2D eigenvalue weighted by atomic mass is 10.1. The quantitative estimate of drug-likeness (QED) is 0.144. The molecule has 0 atom stereocenters. The zero-order chi connectivity index (χ0) is 34.7. The third kappa shape index (κ3) is 7.25. The zero-order valence-electron chi connectivity index (χ0n) is 26.4. The molecule has 0 aliphatic rings. The number of fused-ring (bicyclic) bond motifs is 1. The number of halogens is 3. The second-order valence-corrected chi connectivity index (χ2v) is 13.2. The van der Waals surface area contributed by atoms with Crippen LogP contribution in [-0.2, 0) is 24.5 Å². The van der Waals surface area contributed by atoms with Crippen molar-refractivity contribution in [1.29, 1.82) is 0 Å². The molecule has 2 N–H and O–H groups in total. The number of nitrogens with one attached hydrogen (secondary N) is 2. The normalized spacial score (nSPS) is 11.3. The van der Waals surface area contributed by atoms with E-state index in [2.05, 4.69) is 36.5 Å². The Morgan fingerprint density at radius 1 is 0.878 bits per heavy atom. The van der Waals surface area contributed by atoms with Crippen LogP contribution in [0, 0.1) is 11.6 Å². The lowest BCUT2D eigenvalue weighted by molar-refractivity contribution is 0.114. The number of hydroxylamine groups is 1. The average Bonchev–Trinajstić information content (AvgIpc) is 3.45. The van der Waals surface area contributed by atoms with Gasteiger partial charge in [0, 0.05) is 33.7 Å². The largest absolute Gasteiger partial charge is 0.343 e. The van der Waals surface area contributed by atoms with E-state index in [9.17, 15) is 14.4 Å². The van der Waals surface area contributed by atoms with Crippen molar-refractivity contribution in [3.63, 3.8) is 0 Å². The summed E-state index contributed by atoms with van der Waals surface area (Å²) in [5.41, 5.74) is 3.85. The van der Waals surface area contributed by atoms with Crippen LogP contribution in [0.4, 0.5) is 19.3 Å². The Labute approximate surface area is 292 Å². The van der Waals surface area contributed by atoms with Crippen LogP contribution in [0.3, 0.4) is 0 Å². The van der Waals surface area contributed by atoms with Crippen LogP contribution in [0.2, 0.25) is 0 Å². The summed E-state index contributed by atoms with van der Waals surface area (Å²) < 4.78 is 33.2. The van der Waals surface area contributed by atoms with E-state index >= 15 is 8.78 Å². The minimum absolute atomic E-state index is 0.265.